The summed E-state index contributed by atoms with van der Waals surface area (Å²) in [5.41, 5.74) is 1.39. The molecule has 1 saturated carbocycles. The van der Waals surface area contributed by atoms with E-state index in [-0.39, 0.29) is 11.7 Å². The highest BCUT2D eigenvalue weighted by atomic mass is 16.3. The Morgan fingerprint density at radius 1 is 1.39 bits per heavy atom. The molecule has 1 aliphatic carbocycles. The predicted molar refractivity (Wildman–Crippen MR) is 71.8 cm³/mol. The van der Waals surface area contributed by atoms with E-state index in [0.29, 0.717) is 18.2 Å². The molecular formula is C15H21NO2. The SMILES string of the molecule is CCN(C(=O)c1ccc(C)cc1O)C1CCCC1. The van der Waals surface area contributed by atoms with Gasteiger partial charge in [0.15, 0.2) is 0 Å². The average molecular weight is 247 g/mol. The van der Waals surface area contributed by atoms with E-state index in [1.54, 1.807) is 12.1 Å². The van der Waals surface area contributed by atoms with Gasteiger partial charge in [-0.15, -0.1) is 0 Å². The van der Waals surface area contributed by atoms with Crippen molar-refractivity contribution in [2.75, 3.05) is 6.54 Å². The second kappa shape index (κ2) is 5.42. The maximum Gasteiger partial charge on any atom is 0.257 e. The average Bonchev–Trinajstić information content (AvgIpc) is 2.83. The number of nitrogens with zero attached hydrogens (tertiary/aromatic N) is 1. The molecule has 0 heterocycles. The lowest BCUT2D eigenvalue weighted by atomic mass is 10.1. The zero-order chi connectivity index (χ0) is 13.1. The van der Waals surface area contributed by atoms with E-state index < -0.39 is 0 Å². The first-order valence-corrected chi connectivity index (χ1v) is 6.74. The molecule has 0 aromatic heterocycles. The van der Waals surface area contributed by atoms with Gasteiger partial charge in [-0.25, -0.2) is 0 Å². The number of aromatic hydroxyl groups is 1. The molecule has 0 bridgehead atoms. The second-order valence-electron chi connectivity index (χ2n) is 5.05. The molecule has 98 valence electrons. The number of carbonyl (C=O) groups is 1. The van der Waals surface area contributed by atoms with Crippen molar-refractivity contribution in [2.24, 2.45) is 0 Å². The summed E-state index contributed by atoms with van der Waals surface area (Å²) in [7, 11) is 0. The summed E-state index contributed by atoms with van der Waals surface area (Å²) >= 11 is 0. The highest BCUT2D eigenvalue weighted by molar-refractivity contribution is 5.97. The largest absolute Gasteiger partial charge is 0.507 e. The molecule has 0 saturated heterocycles. The smallest absolute Gasteiger partial charge is 0.257 e. The van der Waals surface area contributed by atoms with Crippen molar-refractivity contribution >= 4 is 5.91 Å². The van der Waals surface area contributed by atoms with Gasteiger partial charge >= 0.3 is 0 Å². The van der Waals surface area contributed by atoms with Crippen molar-refractivity contribution in [1.29, 1.82) is 0 Å². The Kier molecular flexibility index (Phi) is 3.90. The fourth-order valence-corrected chi connectivity index (χ4v) is 2.76. The van der Waals surface area contributed by atoms with E-state index in [4.69, 9.17) is 0 Å². The molecule has 1 fully saturated rings. The van der Waals surface area contributed by atoms with Crippen molar-refractivity contribution in [3.05, 3.63) is 29.3 Å². The van der Waals surface area contributed by atoms with Crippen molar-refractivity contribution < 1.29 is 9.90 Å². The van der Waals surface area contributed by atoms with Crippen LogP contribution in [0.5, 0.6) is 5.75 Å². The summed E-state index contributed by atoms with van der Waals surface area (Å²) < 4.78 is 0. The number of benzene rings is 1. The number of hydrogen-bond donors (Lipinski definition) is 1. The van der Waals surface area contributed by atoms with Crippen LogP contribution in [0.2, 0.25) is 0 Å². The molecule has 3 nitrogen and oxygen atoms in total. The number of aryl methyl sites for hydroxylation is 1. The third-order valence-electron chi connectivity index (χ3n) is 3.75. The van der Waals surface area contributed by atoms with E-state index in [9.17, 15) is 9.90 Å². The number of phenolic OH excluding ortho intramolecular Hbond substituents is 1. The zero-order valence-corrected chi connectivity index (χ0v) is 11.1. The van der Waals surface area contributed by atoms with Gasteiger partial charge in [-0.2, -0.15) is 0 Å². The highest BCUT2D eigenvalue weighted by Crippen LogP contribution is 2.27. The fraction of sp³-hybridized carbons (Fsp3) is 0.533. The first-order valence-electron chi connectivity index (χ1n) is 6.74. The van der Waals surface area contributed by atoms with E-state index >= 15 is 0 Å². The van der Waals surface area contributed by atoms with Crippen molar-refractivity contribution in [2.45, 2.75) is 45.6 Å². The molecule has 0 spiro atoms. The molecule has 1 N–H and O–H groups in total. The molecular weight excluding hydrogens is 226 g/mol. The second-order valence-corrected chi connectivity index (χ2v) is 5.05. The van der Waals surface area contributed by atoms with Crippen LogP contribution in [0.25, 0.3) is 0 Å². The minimum absolute atomic E-state index is 0.0399. The van der Waals surface area contributed by atoms with Gasteiger partial charge in [0.2, 0.25) is 0 Å². The van der Waals surface area contributed by atoms with Gasteiger partial charge in [0.1, 0.15) is 5.75 Å². The van der Waals surface area contributed by atoms with Crippen molar-refractivity contribution in [3.63, 3.8) is 0 Å². The zero-order valence-electron chi connectivity index (χ0n) is 11.1. The van der Waals surface area contributed by atoms with Gasteiger partial charge in [0.25, 0.3) is 5.91 Å². The van der Waals surface area contributed by atoms with Crippen LogP contribution in [0.4, 0.5) is 0 Å². The van der Waals surface area contributed by atoms with Gasteiger partial charge < -0.3 is 10.0 Å². The van der Waals surface area contributed by atoms with Crippen LogP contribution in [0.1, 0.15) is 48.5 Å². The molecule has 0 unspecified atom stereocenters. The molecule has 18 heavy (non-hydrogen) atoms. The lowest BCUT2D eigenvalue weighted by Crippen LogP contribution is -2.38. The highest BCUT2D eigenvalue weighted by Gasteiger charge is 2.27. The molecule has 0 radical (unpaired) electrons. The van der Waals surface area contributed by atoms with E-state index in [1.165, 1.54) is 12.8 Å². The Bertz CT molecular complexity index is 436. The summed E-state index contributed by atoms with van der Waals surface area (Å²) in [6.07, 6.45) is 4.58. The minimum atomic E-state index is -0.0399. The van der Waals surface area contributed by atoms with Gasteiger partial charge in [-0.1, -0.05) is 18.9 Å². The van der Waals surface area contributed by atoms with Crippen LogP contribution in [-0.4, -0.2) is 28.5 Å². The summed E-state index contributed by atoms with van der Waals surface area (Å²) in [6, 6.07) is 5.60. The van der Waals surface area contributed by atoms with Crippen LogP contribution in [-0.2, 0) is 0 Å². The van der Waals surface area contributed by atoms with Crippen LogP contribution in [0.3, 0.4) is 0 Å². The fourth-order valence-electron chi connectivity index (χ4n) is 2.76. The van der Waals surface area contributed by atoms with Gasteiger partial charge in [-0.3, -0.25) is 4.79 Å². The standard InChI is InChI=1S/C15H21NO2/c1-3-16(12-6-4-5-7-12)15(18)13-9-8-11(2)10-14(13)17/h8-10,12,17H,3-7H2,1-2H3. The Morgan fingerprint density at radius 3 is 2.61 bits per heavy atom. The lowest BCUT2D eigenvalue weighted by Gasteiger charge is -2.28. The Labute approximate surface area is 108 Å². The molecule has 1 amide bonds. The monoisotopic (exact) mass is 247 g/mol. The number of amides is 1. The molecule has 0 atom stereocenters. The number of carbonyl (C=O) groups excluding carboxylic acids is 1. The molecule has 1 aromatic carbocycles. The van der Waals surface area contributed by atoms with Crippen LogP contribution in [0.15, 0.2) is 18.2 Å². The molecule has 3 heteroatoms. The lowest BCUT2D eigenvalue weighted by molar-refractivity contribution is 0.0690. The quantitative estimate of drug-likeness (QED) is 0.891. The van der Waals surface area contributed by atoms with Crippen molar-refractivity contribution in [3.8, 4) is 5.75 Å². The topological polar surface area (TPSA) is 40.5 Å². The number of phenols is 1. The van der Waals surface area contributed by atoms with Gasteiger partial charge in [0.05, 0.1) is 5.56 Å². The summed E-state index contributed by atoms with van der Waals surface area (Å²) in [6.45, 7) is 4.61. The third-order valence-corrected chi connectivity index (χ3v) is 3.75. The van der Waals surface area contributed by atoms with E-state index in [0.717, 1.165) is 18.4 Å². The predicted octanol–water partition coefficient (Wildman–Crippen LogP) is 3.11. The first-order chi connectivity index (χ1) is 8.63. The number of rotatable bonds is 3. The first kappa shape index (κ1) is 12.9. The number of hydrogen-bond acceptors (Lipinski definition) is 2. The Balaban J connectivity index is 2.22. The van der Waals surface area contributed by atoms with Crippen LogP contribution < -0.4 is 0 Å². The molecule has 1 aromatic rings. The Morgan fingerprint density at radius 2 is 2.06 bits per heavy atom. The van der Waals surface area contributed by atoms with Crippen LogP contribution >= 0.6 is 0 Å². The summed E-state index contributed by atoms with van der Waals surface area (Å²) in [4.78, 5) is 14.4. The minimum Gasteiger partial charge on any atom is -0.507 e. The molecule has 2 rings (SSSR count). The van der Waals surface area contributed by atoms with Gasteiger partial charge in [0, 0.05) is 12.6 Å². The maximum atomic E-state index is 12.5. The van der Waals surface area contributed by atoms with Gasteiger partial charge in [-0.05, 0) is 44.4 Å². The summed E-state index contributed by atoms with van der Waals surface area (Å²) in [5, 5.41) is 9.90. The summed E-state index contributed by atoms with van der Waals surface area (Å²) in [5.74, 6) is 0.0540. The van der Waals surface area contributed by atoms with E-state index in [1.807, 2.05) is 24.8 Å². The normalized spacial score (nSPS) is 15.9. The van der Waals surface area contributed by atoms with Crippen LogP contribution in [0, 0.1) is 6.92 Å². The van der Waals surface area contributed by atoms with Crippen molar-refractivity contribution in [1.82, 2.24) is 4.90 Å². The molecule has 0 aliphatic heterocycles. The molecule has 1 aliphatic rings. The Hall–Kier alpha value is -1.51. The van der Waals surface area contributed by atoms with E-state index in [2.05, 4.69) is 0 Å². The maximum absolute atomic E-state index is 12.5. The third kappa shape index (κ3) is 2.50.